The average Bonchev–Trinajstić information content (AvgIpc) is 4.39. The molecule has 8 heterocycles. The number of nitriles is 2. The van der Waals surface area contributed by atoms with Crippen molar-refractivity contribution >= 4 is 45.6 Å². The predicted octanol–water partition coefficient (Wildman–Crippen LogP) is 13.5. The molecule has 0 bridgehead atoms. The summed E-state index contributed by atoms with van der Waals surface area (Å²) in [6, 6.07) is 38.3. The van der Waals surface area contributed by atoms with Crippen molar-refractivity contribution in [1.29, 1.82) is 10.5 Å². The molecule has 12 nitrogen and oxygen atoms in total. The van der Waals surface area contributed by atoms with Gasteiger partial charge < -0.3 is 31.5 Å². The molecule has 434 valence electrons. The molecule has 0 amide bonds. The fraction of sp³-hybridized carbons (Fsp3) is 0.559. The fourth-order valence-electron chi connectivity index (χ4n) is 11.4. The topological polar surface area (TPSA) is 171 Å². The molecule has 4 saturated heterocycles. The molecule has 12 rings (SSSR count). The van der Waals surface area contributed by atoms with E-state index in [1.165, 1.54) is 39.4 Å². The van der Waals surface area contributed by atoms with E-state index >= 15 is 0 Å². The largest absolute Gasteiger partial charge is 0.330 e. The fourth-order valence-corrected chi connectivity index (χ4v) is 11.4. The minimum Gasteiger partial charge on any atom is -0.330 e. The Bertz CT molecular complexity index is 2670. The van der Waals surface area contributed by atoms with E-state index in [1.54, 1.807) is 0 Å². The Morgan fingerprint density at radius 3 is 1.19 bits per heavy atom. The second-order valence-electron chi connectivity index (χ2n) is 21.5. The second kappa shape index (κ2) is 34.6. The number of nitrogens with two attached hydrogens (primary N) is 2. The molecule has 0 atom stereocenters. The summed E-state index contributed by atoms with van der Waals surface area (Å²) in [5.74, 6) is 0.334. The van der Waals surface area contributed by atoms with E-state index in [-0.39, 0.29) is 16.2 Å². The van der Waals surface area contributed by atoms with Gasteiger partial charge in [-0.1, -0.05) is 128 Å². The van der Waals surface area contributed by atoms with Crippen molar-refractivity contribution in [3.63, 3.8) is 0 Å². The summed E-state index contributed by atoms with van der Waals surface area (Å²) in [7, 11) is 6.41. The van der Waals surface area contributed by atoms with Crippen molar-refractivity contribution in [3.8, 4) is 12.1 Å². The lowest BCUT2D eigenvalue weighted by Crippen LogP contribution is -2.47. The van der Waals surface area contributed by atoms with Crippen LogP contribution in [0.4, 0.5) is 22.7 Å². The lowest BCUT2D eigenvalue weighted by atomic mass is 9.73. The first kappa shape index (κ1) is 66.8. The minimum absolute atomic E-state index is 0.143. The van der Waals surface area contributed by atoms with E-state index < -0.39 is 0 Å². The molecule has 4 aromatic rings. The number of likely N-dealkylation sites (tertiary alicyclic amines) is 3. The average molecular weight is 1090 g/mol. The summed E-state index contributed by atoms with van der Waals surface area (Å²) < 4.78 is 0. The molecule has 5 N–H and O–H groups in total. The van der Waals surface area contributed by atoms with Crippen LogP contribution in [0.2, 0.25) is 0 Å². The molecular formula is C68H102N12. The molecule has 0 saturated carbocycles. The molecule has 8 aliphatic rings. The Morgan fingerprint density at radius 1 is 0.475 bits per heavy atom. The third-order valence-corrected chi connectivity index (χ3v) is 16.6. The number of piperidine rings is 4. The molecule has 12 heteroatoms. The molecule has 0 radical (unpaired) electrons. The summed E-state index contributed by atoms with van der Waals surface area (Å²) in [5, 5.41) is 21.5. The summed E-state index contributed by atoms with van der Waals surface area (Å²) in [5.41, 5.74) is 26.9. The highest BCUT2D eigenvalue weighted by molar-refractivity contribution is 6.01. The van der Waals surface area contributed by atoms with Gasteiger partial charge in [-0.25, -0.2) is 0 Å². The highest BCUT2D eigenvalue weighted by Crippen LogP contribution is 2.41. The Labute approximate surface area is 485 Å². The van der Waals surface area contributed by atoms with E-state index in [1.807, 2.05) is 79.7 Å². The van der Waals surface area contributed by atoms with Crippen LogP contribution in [0.3, 0.4) is 0 Å². The van der Waals surface area contributed by atoms with Crippen molar-refractivity contribution in [2.75, 3.05) is 86.6 Å². The van der Waals surface area contributed by atoms with Crippen LogP contribution in [0.25, 0.3) is 0 Å². The maximum Gasteiger partial charge on any atom is 0.0982 e. The molecular weight excluding hydrogens is 985 g/mol. The van der Waals surface area contributed by atoms with Crippen molar-refractivity contribution in [3.05, 3.63) is 119 Å². The van der Waals surface area contributed by atoms with Gasteiger partial charge in [0, 0.05) is 78.4 Å². The Hall–Kier alpha value is -5.70. The predicted molar refractivity (Wildman–Crippen MR) is 342 cm³/mol. The quantitative estimate of drug-likeness (QED) is 0.177. The third kappa shape index (κ3) is 17.9. The number of nitrogens with zero attached hydrogens (tertiary/aromatic N) is 9. The number of benzene rings is 4. The number of nitrogens with one attached hydrogen (secondary N) is 1. The van der Waals surface area contributed by atoms with Crippen LogP contribution < -0.4 is 16.8 Å². The molecule has 4 aromatic carbocycles. The van der Waals surface area contributed by atoms with Crippen LogP contribution in [0.1, 0.15) is 136 Å². The number of hydrogen-bond acceptors (Lipinski definition) is 12. The second-order valence-corrected chi connectivity index (χ2v) is 21.5. The number of para-hydroxylation sites is 4. The first-order valence-corrected chi connectivity index (χ1v) is 30.6. The van der Waals surface area contributed by atoms with Gasteiger partial charge in [-0.15, -0.1) is 0 Å². The van der Waals surface area contributed by atoms with Gasteiger partial charge in [0.25, 0.3) is 0 Å². The van der Waals surface area contributed by atoms with E-state index in [2.05, 4.69) is 138 Å². The van der Waals surface area contributed by atoms with Gasteiger partial charge in [-0.2, -0.15) is 10.5 Å². The zero-order valence-corrected chi connectivity index (χ0v) is 51.6. The lowest BCUT2D eigenvalue weighted by molar-refractivity contribution is 0.184. The van der Waals surface area contributed by atoms with Gasteiger partial charge in [-0.3, -0.25) is 20.0 Å². The molecule has 0 aromatic heterocycles. The van der Waals surface area contributed by atoms with Crippen LogP contribution in [0.5, 0.6) is 0 Å². The molecule has 0 aliphatic carbocycles. The van der Waals surface area contributed by atoms with Crippen molar-refractivity contribution in [2.24, 2.45) is 53.6 Å². The molecule has 0 spiro atoms. The number of hydrogen-bond donors (Lipinski definition) is 3. The highest BCUT2D eigenvalue weighted by Gasteiger charge is 2.42. The summed E-state index contributed by atoms with van der Waals surface area (Å²) in [4.78, 5) is 25.7. The zero-order chi connectivity index (χ0) is 58.6. The lowest BCUT2D eigenvalue weighted by Gasteiger charge is -2.40. The van der Waals surface area contributed by atoms with Gasteiger partial charge in [0.05, 0.1) is 40.3 Å². The highest BCUT2D eigenvalue weighted by atomic mass is 15.1. The van der Waals surface area contributed by atoms with Gasteiger partial charge in [0.2, 0.25) is 0 Å². The third-order valence-electron chi connectivity index (χ3n) is 16.6. The van der Waals surface area contributed by atoms with E-state index in [0.717, 1.165) is 171 Å². The summed E-state index contributed by atoms with van der Waals surface area (Å²) >= 11 is 0. The SMILES string of the molecule is CC.CC.CC.CC.CC1=Nc2ccccc2C1.CN1CCC(C#N)(C2=Nc3ccccc3C2)CC1.CN1CCC(C#N)CC1.CN1CCC(CN)(C2=Nc3ccccc3C2)CC1.NCC1(C2=Nc3ccccc3C2)CCNCC1. The van der Waals surface area contributed by atoms with Crippen LogP contribution in [-0.4, -0.2) is 124 Å². The van der Waals surface area contributed by atoms with Crippen LogP contribution in [-0.2, 0) is 25.7 Å². The molecule has 80 heavy (non-hydrogen) atoms. The number of aliphatic imine (C=N–C) groups is 4. The monoisotopic (exact) mass is 1090 g/mol. The Balaban J connectivity index is 0.000000213. The van der Waals surface area contributed by atoms with Crippen LogP contribution >= 0.6 is 0 Å². The van der Waals surface area contributed by atoms with Gasteiger partial charge in [0.1, 0.15) is 0 Å². The van der Waals surface area contributed by atoms with Gasteiger partial charge in [-0.05, 0) is 178 Å². The van der Waals surface area contributed by atoms with Gasteiger partial charge in [0.15, 0.2) is 0 Å². The Kier molecular flexibility index (Phi) is 28.9. The first-order valence-electron chi connectivity index (χ1n) is 30.6. The molecule has 0 unspecified atom stereocenters. The zero-order valence-electron chi connectivity index (χ0n) is 51.6. The smallest absolute Gasteiger partial charge is 0.0982 e. The summed E-state index contributed by atoms with van der Waals surface area (Å²) in [6.07, 6.45) is 12.4. The molecule has 4 fully saturated rings. The van der Waals surface area contributed by atoms with Crippen LogP contribution in [0.15, 0.2) is 117 Å². The Morgan fingerprint density at radius 2 is 0.812 bits per heavy atom. The standard InChI is InChI=1S/C15H21N3.C15H17N3.C14H19N3.C9H9N.C7H12N2.4C2H6/c2*1-18-8-6-15(11-16,7-9-18)14-10-12-4-2-3-5-13(12)17-14;15-10-14(5-7-16-8-6-14)13-9-11-3-1-2-4-12(11)17-13;1-7-6-8-4-2-3-5-9(8)10-7;1-9-4-2-7(6-8)3-5-9;4*1-2/h2-5H,6-11,16H2,1H3;2-5H,6-10H2,1H3;1-4,16H,5-10,15H2;2-5H,6H2,1H3;7H,2-5H2,1H3;4*1-2H3. The number of rotatable bonds is 5. The van der Waals surface area contributed by atoms with E-state index in [0.29, 0.717) is 5.92 Å². The van der Waals surface area contributed by atoms with Gasteiger partial charge >= 0.3 is 0 Å². The van der Waals surface area contributed by atoms with E-state index in [4.69, 9.17) is 31.7 Å². The van der Waals surface area contributed by atoms with Crippen molar-refractivity contribution in [1.82, 2.24) is 20.0 Å². The maximum atomic E-state index is 9.62. The maximum absolute atomic E-state index is 9.62. The van der Waals surface area contributed by atoms with E-state index in [9.17, 15) is 5.26 Å². The first-order chi connectivity index (χ1) is 39.0. The summed E-state index contributed by atoms with van der Waals surface area (Å²) in [6.45, 7) is 28.1. The van der Waals surface area contributed by atoms with Crippen molar-refractivity contribution in [2.45, 2.75) is 139 Å². The van der Waals surface area contributed by atoms with Crippen LogP contribution in [0, 0.1) is 44.8 Å². The normalized spacial score (nSPS) is 19.6. The minimum atomic E-state index is -0.328. The van der Waals surface area contributed by atoms with Crippen molar-refractivity contribution < 1.29 is 0 Å². The number of fused-ring (bicyclic) bond motifs is 4. The molecule has 8 aliphatic heterocycles.